The van der Waals surface area contributed by atoms with Gasteiger partial charge in [-0.3, -0.25) is 4.79 Å². The number of para-hydroxylation sites is 1. The summed E-state index contributed by atoms with van der Waals surface area (Å²) in [5.41, 5.74) is 1.69. The van der Waals surface area contributed by atoms with Gasteiger partial charge >= 0.3 is 5.63 Å². The molecule has 5 heteroatoms. The number of aliphatic hydroxyl groups is 1. The van der Waals surface area contributed by atoms with Crippen LogP contribution < -0.4 is 5.63 Å². The zero-order valence-corrected chi connectivity index (χ0v) is 14.2. The topological polar surface area (TPSA) is 70.8 Å². The molecule has 2 heterocycles. The maximum Gasteiger partial charge on any atom is 0.344 e. The third-order valence-corrected chi connectivity index (χ3v) is 4.75. The lowest BCUT2D eigenvalue weighted by atomic mass is 10.0. The van der Waals surface area contributed by atoms with Gasteiger partial charge < -0.3 is 14.4 Å². The highest BCUT2D eigenvalue weighted by molar-refractivity contribution is 5.95. The molecule has 132 valence electrons. The van der Waals surface area contributed by atoms with Crippen LogP contribution in [0, 0.1) is 0 Å². The van der Waals surface area contributed by atoms with Gasteiger partial charge in [0, 0.05) is 24.0 Å². The number of benzene rings is 2. The van der Waals surface area contributed by atoms with E-state index in [1.807, 2.05) is 18.2 Å². The summed E-state index contributed by atoms with van der Waals surface area (Å²) in [5.74, 6) is -0.129. The van der Waals surface area contributed by atoms with Crippen LogP contribution in [0.1, 0.15) is 23.2 Å². The van der Waals surface area contributed by atoms with Crippen molar-refractivity contribution in [1.29, 1.82) is 0 Å². The smallest absolute Gasteiger partial charge is 0.344 e. The fraction of sp³-hybridized carbons (Fsp3) is 0.238. The molecular formula is C21H19NO4. The lowest BCUT2D eigenvalue weighted by Gasteiger charge is -2.30. The summed E-state index contributed by atoms with van der Waals surface area (Å²) in [6.07, 6.45) is 1.05. The largest absolute Gasteiger partial charge is 0.422 e. The van der Waals surface area contributed by atoms with E-state index in [2.05, 4.69) is 0 Å². The minimum atomic E-state index is -0.469. The molecule has 4 rings (SSSR count). The molecule has 5 nitrogen and oxygen atoms in total. The van der Waals surface area contributed by atoms with Crippen molar-refractivity contribution in [3.8, 4) is 11.1 Å². The molecule has 0 spiro atoms. The van der Waals surface area contributed by atoms with Crippen molar-refractivity contribution in [3.05, 3.63) is 70.6 Å². The molecule has 1 amide bonds. The second-order valence-corrected chi connectivity index (χ2v) is 6.61. The normalized spacial score (nSPS) is 17.4. The first-order valence-corrected chi connectivity index (χ1v) is 8.72. The number of likely N-dealkylation sites (tertiary alicyclic amines) is 1. The van der Waals surface area contributed by atoms with Crippen LogP contribution in [0.4, 0.5) is 0 Å². The van der Waals surface area contributed by atoms with Gasteiger partial charge in [0.05, 0.1) is 11.7 Å². The predicted octanol–water partition coefficient (Wildman–Crippen LogP) is 3.06. The van der Waals surface area contributed by atoms with Gasteiger partial charge in [0.25, 0.3) is 5.91 Å². The van der Waals surface area contributed by atoms with Crippen molar-refractivity contribution in [2.45, 2.75) is 18.9 Å². The number of nitrogens with zero attached hydrogens (tertiary/aromatic N) is 1. The lowest BCUT2D eigenvalue weighted by molar-refractivity contribution is 0.0474. The average Bonchev–Trinajstić information content (AvgIpc) is 2.67. The summed E-state index contributed by atoms with van der Waals surface area (Å²) in [4.78, 5) is 26.8. The Kier molecular flexibility index (Phi) is 4.31. The van der Waals surface area contributed by atoms with Crippen LogP contribution in [0.3, 0.4) is 0 Å². The highest BCUT2D eigenvalue weighted by atomic mass is 16.4. The summed E-state index contributed by atoms with van der Waals surface area (Å²) in [5, 5.41) is 10.6. The second-order valence-electron chi connectivity index (χ2n) is 6.61. The van der Waals surface area contributed by atoms with Gasteiger partial charge in [-0.2, -0.15) is 0 Å². The first-order valence-electron chi connectivity index (χ1n) is 8.72. The van der Waals surface area contributed by atoms with Crippen LogP contribution in [0.2, 0.25) is 0 Å². The molecule has 0 aliphatic carbocycles. The highest BCUT2D eigenvalue weighted by Gasteiger charge is 2.23. The first-order chi connectivity index (χ1) is 12.6. The molecule has 1 N–H and O–H groups in total. The number of rotatable bonds is 2. The van der Waals surface area contributed by atoms with Gasteiger partial charge in [0.15, 0.2) is 0 Å². The number of hydrogen-bond acceptors (Lipinski definition) is 4. The molecular weight excluding hydrogens is 330 g/mol. The molecule has 1 saturated heterocycles. The van der Waals surface area contributed by atoms with E-state index in [4.69, 9.17) is 4.42 Å². The monoisotopic (exact) mass is 349 g/mol. The van der Waals surface area contributed by atoms with Crippen molar-refractivity contribution >= 4 is 16.9 Å². The highest BCUT2D eigenvalue weighted by Crippen LogP contribution is 2.23. The van der Waals surface area contributed by atoms with E-state index in [1.165, 1.54) is 0 Å². The maximum absolute atomic E-state index is 12.7. The molecule has 1 unspecified atom stereocenters. The molecule has 1 aliphatic heterocycles. The Hall–Kier alpha value is -2.92. The van der Waals surface area contributed by atoms with Gasteiger partial charge in [-0.25, -0.2) is 4.79 Å². The van der Waals surface area contributed by atoms with E-state index in [0.29, 0.717) is 35.4 Å². The lowest BCUT2D eigenvalue weighted by Crippen LogP contribution is -2.42. The number of aliphatic hydroxyl groups excluding tert-OH is 1. The SMILES string of the molecule is O=C(c1cccc(-c2cc3ccccc3oc2=O)c1)N1CCCC(O)C1. The van der Waals surface area contributed by atoms with E-state index in [9.17, 15) is 14.7 Å². The van der Waals surface area contributed by atoms with Crippen LogP contribution in [0.5, 0.6) is 0 Å². The third-order valence-electron chi connectivity index (χ3n) is 4.75. The minimum absolute atomic E-state index is 0.129. The van der Waals surface area contributed by atoms with E-state index in [1.54, 1.807) is 41.3 Å². The number of amides is 1. The van der Waals surface area contributed by atoms with Crippen LogP contribution in [-0.2, 0) is 0 Å². The number of β-amino-alcohol motifs (C(OH)–C–C–N with tert-alkyl or cyclic N) is 1. The van der Waals surface area contributed by atoms with Crippen molar-refractivity contribution in [2.75, 3.05) is 13.1 Å². The Balaban J connectivity index is 1.71. The number of carbonyl (C=O) groups excluding carboxylic acids is 1. The standard InChI is InChI=1S/C21H19NO4/c23-17-8-4-10-22(13-17)20(24)16-7-3-6-14(11-16)18-12-15-5-1-2-9-19(15)26-21(18)25/h1-3,5-7,9,11-12,17,23H,4,8,10,13H2. The number of hydrogen-bond donors (Lipinski definition) is 1. The molecule has 0 radical (unpaired) electrons. The summed E-state index contributed by atoms with van der Waals surface area (Å²) in [7, 11) is 0. The van der Waals surface area contributed by atoms with Gasteiger partial charge in [-0.15, -0.1) is 0 Å². The van der Waals surface area contributed by atoms with Crippen molar-refractivity contribution in [2.24, 2.45) is 0 Å². The summed E-state index contributed by atoms with van der Waals surface area (Å²) >= 11 is 0. The molecule has 1 aromatic heterocycles. The fourth-order valence-corrected chi connectivity index (χ4v) is 3.40. The summed E-state index contributed by atoms with van der Waals surface area (Å²) < 4.78 is 5.39. The van der Waals surface area contributed by atoms with E-state index in [0.717, 1.165) is 18.2 Å². The van der Waals surface area contributed by atoms with E-state index >= 15 is 0 Å². The second kappa shape index (κ2) is 6.77. The molecule has 3 aromatic rings. The number of fused-ring (bicyclic) bond motifs is 1. The van der Waals surface area contributed by atoms with Crippen molar-refractivity contribution in [1.82, 2.24) is 4.90 Å². The average molecular weight is 349 g/mol. The molecule has 0 bridgehead atoms. The zero-order valence-electron chi connectivity index (χ0n) is 14.2. The maximum atomic E-state index is 12.7. The van der Waals surface area contributed by atoms with Crippen LogP contribution in [0.25, 0.3) is 22.1 Å². The zero-order chi connectivity index (χ0) is 18.1. The van der Waals surface area contributed by atoms with Gasteiger partial charge in [0.2, 0.25) is 0 Å². The minimum Gasteiger partial charge on any atom is -0.422 e. The van der Waals surface area contributed by atoms with Crippen LogP contribution in [0.15, 0.2) is 63.8 Å². The predicted molar refractivity (Wildman–Crippen MR) is 99.1 cm³/mol. The number of piperidine rings is 1. The summed E-state index contributed by atoms with van der Waals surface area (Å²) in [6.45, 7) is 0.986. The molecule has 0 saturated carbocycles. The van der Waals surface area contributed by atoms with Crippen LogP contribution in [-0.4, -0.2) is 35.1 Å². The Morgan fingerprint density at radius 1 is 1.12 bits per heavy atom. The van der Waals surface area contributed by atoms with Gasteiger partial charge in [-0.05, 0) is 42.7 Å². The Labute approximate surface area is 150 Å². The summed E-state index contributed by atoms with van der Waals surface area (Å²) in [6, 6.07) is 16.1. The van der Waals surface area contributed by atoms with E-state index < -0.39 is 11.7 Å². The van der Waals surface area contributed by atoms with Gasteiger partial charge in [-0.1, -0.05) is 30.3 Å². The van der Waals surface area contributed by atoms with Crippen molar-refractivity contribution < 1.29 is 14.3 Å². The molecule has 2 aromatic carbocycles. The fourth-order valence-electron chi connectivity index (χ4n) is 3.40. The number of carbonyl (C=O) groups is 1. The van der Waals surface area contributed by atoms with Crippen LogP contribution >= 0.6 is 0 Å². The Morgan fingerprint density at radius 3 is 2.81 bits per heavy atom. The molecule has 1 fully saturated rings. The third kappa shape index (κ3) is 3.13. The molecule has 1 aliphatic rings. The first kappa shape index (κ1) is 16.5. The van der Waals surface area contributed by atoms with Gasteiger partial charge in [0.1, 0.15) is 5.58 Å². The Morgan fingerprint density at radius 2 is 1.96 bits per heavy atom. The van der Waals surface area contributed by atoms with E-state index in [-0.39, 0.29) is 5.91 Å². The quantitative estimate of drug-likeness (QED) is 0.722. The Bertz CT molecular complexity index is 1020. The molecule has 1 atom stereocenters. The molecule has 26 heavy (non-hydrogen) atoms. The van der Waals surface area contributed by atoms with Crippen molar-refractivity contribution in [3.63, 3.8) is 0 Å².